The van der Waals surface area contributed by atoms with E-state index in [9.17, 15) is 9.90 Å². The summed E-state index contributed by atoms with van der Waals surface area (Å²) in [6.45, 7) is 7.16. The van der Waals surface area contributed by atoms with E-state index in [1.807, 2.05) is 27.9 Å². The number of likely N-dealkylation sites (N-methyl/N-ethyl adjacent to an activating group) is 1. The quantitative estimate of drug-likeness (QED) is 0.676. The molecular weight excluding hydrogens is 408 g/mol. The van der Waals surface area contributed by atoms with Crippen molar-refractivity contribution in [3.8, 4) is 11.5 Å². The van der Waals surface area contributed by atoms with Crippen LogP contribution in [0.15, 0.2) is 12.1 Å². The molecule has 1 aromatic rings. The zero-order chi connectivity index (χ0) is 22.9. The van der Waals surface area contributed by atoms with Gasteiger partial charge in [0.1, 0.15) is 11.7 Å². The third kappa shape index (κ3) is 2.94. The number of nitrogens with zero attached hydrogens (tertiary/aromatic N) is 1. The van der Waals surface area contributed by atoms with Crippen LogP contribution < -0.4 is 10.1 Å². The van der Waals surface area contributed by atoms with E-state index in [0.29, 0.717) is 18.7 Å². The Morgan fingerprint density at radius 1 is 1.34 bits per heavy atom. The Kier molecular flexibility index (Phi) is 5.04. The van der Waals surface area contributed by atoms with E-state index in [1.54, 1.807) is 6.07 Å². The smallest absolute Gasteiger partial charge is 0.307 e. The molecule has 0 aromatic heterocycles. The SMILES string of the molecule is CO[C@@]12CC[C@H](NCCC(=O)OC(C)(C)C)[C@@H]3Oc4c(O)ccc5c4[C@@]31CCN(C)[C@@H]2C5. The summed E-state index contributed by atoms with van der Waals surface area (Å²) in [5.41, 5.74) is 1.29. The van der Waals surface area contributed by atoms with Crippen molar-refractivity contribution in [1.82, 2.24) is 10.2 Å². The number of nitrogens with one attached hydrogen (secondary N) is 1. The lowest BCUT2D eigenvalue weighted by Gasteiger charge is -2.65. The van der Waals surface area contributed by atoms with Crippen LogP contribution in [0, 0.1) is 0 Å². The van der Waals surface area contributed by atoms with E-state index < -0.39 is 5.60 Å². The zero-order valence-electron chi connectivity index (χ0n) is 19.9. The first-order valence-corrected chi connectivity index (χ1v) is 11.9. The van der Waals surface area contributed by atoms with Crippen molar-refractivity contribution in [3.05, 3.63) is 23.3 Å². The molecular formula is C25H36N2O5. The second-order valence-electron chi connectivity index (χ2n) is 10.9. The fourth-order valence-electron chi connectivity index (χ4n) is 7.10. The van der Waals surface area contributed by atoms with Crippen molar-refractivity contribution in [2.24, 2.45) is 0 Å². The van der Waals surface area contributed by atoms with Crippen LogP contribution in [-0.4, -0.2) is 72.6 Å². The second-order valence-corrected chi connectivity index (χ2v) is 10.9. The Bertz CT molecular complexity index is 928. The van der Waals surface area contributed by atoms with Crippen molar-refractivity contribution < 1.29 is 24.1 Å². The molecule has 2 heterocycles. The summed E-state index contributed by atoms with van der Waals surface area (Å²) in [7, 11) is 4.04. The van der Waals surface area contributed by atoms with E-state index in [1.165, 1.54) is 5.56 Å². The highest BCUT2D eigenvalue weighted by molar-refractivity contribution is 5.70. The number of likely N-dealkylation sites (tertiary alicyclic amines) is 1. The van der Waals surface area contributed by atoms with Gasteiger partial charge in [0.25, 0.3) is 0 Å². The van der Waals surface area contributed by atoms with Gasteiger partial charge in [-0.1, -0.05) is 6.07 Å². The Balaban J connectivity index is 1.46. The third-order valence-corrected chi connectivity index (χ3v) is 8.21. The van der Waals surface area contributed by atoms with Gasteiger partial charge < -0.3 is 29.5 Å². The van der Waals surface area contributed by atoms with Crippen LogP contribution in [0.1, 0.15) is 57.6 Å². The molecule has 1 saturated carbocycles. The van der Waals surface area contributed by atoms with Crippen LogP contribution in [0.3, 0.4) is 0 Å². The van der Waals surface area contributed by atoms with Crippen LogP contribution in [0.25, 0.3) is 0 Å². The molecule has 2 aliphatic heterocycles. The predicted molar refractivity (Wildman–Crippen MR) is 120 cm³/mol. The van der Waals surface area contributed by atoms with E-state index in [0.717, 1.165) is 37.8 Å². The minimum atomic E-state index is -0.478. The molecule has 2 aliphatic carbocycles. The lowest BCUT2D eigenvalue weighted by Crippen LogP contribution is -2.78. The molecule has 7 nitrogen and oxygen atoms in total. The predicted octanol–water partition coefficient (Wildman–Crippen LogP) is 2.52. The number of piperidine rings is 1. The maximum absolute atomic E-state index is 12.2. The standard InChI is InChI=1S/C25H36N2O5/c1-23(2,3)32-19(29)9-12-26-16-8-10-25(30-5)18-14-15-6-7-17(28)21-20(15)24(25,22(16)31-21)11-13-27(18)4/h6-7,16,18,22,26,28H,8-14H2,1-5H3/t16-,18+,22-,24-,25+/m0/s1. The average molecular weight is 445 g/mol. The first-order valence-electron chi connectivity index (χ1n) is 11.9. The first-order chi connectivity index (χ1) is 15.1. The van der Waals surface area contributed by atoms with Crippen molar-refractivity contribution in [3.63, 3.8) is 0 Å². The minimum absolute atomic E-state index is 0.0718. The number of aromatic hydroxyl groups is 1. The summed E-state index contributed by atoms with van der Waals surface area (Å²) >= 11 is 0. The van der Waals surface area contributed by atoms with Crippen LogP contribution in [0.5, 0.6) is 11.5 Å². The Morgan fingerprint density at radius 3 is 2.84 bits per heavy atom. The van der Waals surface area contributed by atoms with E-state index in [-0.39, 0.29) is 40.9 Å². The maximum Gasteiger partial charge on any atom is 0.307 e. The molecule has 5 rings (SSSR count). The van der Waals surface area contributed by atoms with E-state index in [2.05, 4.69) is 23.3 Å². The highest BCUT2D eigenvalue weighted by atomic mass is 16.6. The number of methoxy groups -OCH3 is 1. The molecule has 1 aromatic carbocycles. The second kappa shape index (κ2) is 7.34. The fraction of sp³-hybridized carbons (Fsp3) is 0.720. The number of phenolic OH excluding ortho intramolecular Hbond substituents is 1. The summed E-state index contributed by atoms with van der Waals surface area (Å²) in [6, 6.07) is 4.18. The highest BCUT2D eigenvalue weighted by Crippen LogP contribution is 2.66. The summed E-state index contributed by atoms with van der Waals surface area (Å²) in [5.74, 6) is 0.651. The lowest BCUT2D eigenvalue weighted by molar-refractivity contribution is -0.203. The van der Waals surface area contributed by atoms with E-state index >= 15 is 0 Å². The van der Waals surface area contributed by atoms with Gasteiger partial charge in [-0.15, -0.1) is 0 Å². The van der Waals surface area contributed by atoms with Gasteiger partial charge in [0, 0.05) is 31.3 Å². The maximum atomic E-state index is 12.2. The molecule has 2 fully saturated rings. The topological polar surface area (TPSA) is 80.3 Å². The normalized spacial score (nSPS) is 35.2. The molecule has 176 valence electrons. The molecule has 0 unspecified atom stereocenters. The summed E-state index contributed by atoms with van der Waals surface area (Å²) in [5, 5.41) is 14.3. The molecule has 7 heteroatoms. The van der Waals surface area contributed by atoms with Gasteiger partial charge in [0.05, 0.1) is 17.4 Å². The zero-order valence-corrected chi connectivity index (χ0v) is 19.9. The third-order valence-electron chi connectivity index (χ3n) is 8.21. The molecule has 2 bridgehead atoms. The summed E-state index contributed by atoms with van der Waals surface area (Å²) in [6.07, 6.45) is 3.80. The van der Waals surface area contributed by atoms with Gasteiger partial charge in [-0.2, -0.15) is 0 Å². The molecule has 5 atom stereocenters. The van der Waals surface area contributed by atoms with Crippen LogP contribution in [0.2, 0.25) is 0 Å². The number of esters is 1. The van der Waals surface area contributed by atoms with Crippen LogP contribution in [-0.2, 0) is 26.1 Å². The molecule has 1 spiro atoms. The lowest BCUT2D eigenvalue weighted by atomic mass is 9.48. The van der Waals surface area contributed by atoms with Gasteiger partial charge in [0.15, 0.2) is 11.5 Å². The Labute approximate surface area is 190 Å². The summed E-state index contributed by atoms with van der Waals surface area (Å²) < 4.78 is 18.5. The number of carbonyl (C=O) groups is 1. The molecule has 2 N–H and O–H groups in total. The minimum Gasteiger partial charge on any atom is -0.504 e. The largest absolute Gasteiger partial charge is 0.504 e. The van der Waals surface area contributed by atoms with Crippen molar-refractivity contribution in [2.75, 3.05) is 27.2 Å². The molecule has 32 heavy (non-hydrogen) atoms. The van der Waals surface area contributed by atoms with Crippen molar-refractivity contribution in [1.29, 1.82) is 0 Å². The number of hydrogen-bond acceptors (Lipinski definition) is 7. The number of carbonyl (C=O) groups excluding carboxylic acids is 1. The Hall–Kier alpha value is -1.83. The molecule has 0 radical (unpaired) electrons. The highest BCUT2D eigenvalue weighted by Gasteiger charge is 2.73. The van der Waals surface area contributed by atoms with E-state index in [4.69, 9.17) is 14.2 Å². The monoisotopic (exact) mass is 444 g/mol. The van der Waals surface area contributed by atoms with Crippen molar-refractivity contribution in [2.45, 2.75) is 87.7 Å². The number of benzene rings is 1. The first kappa shape index (κ1) is 22.0. The van der Waals surface area contributed by atoms with Gasteiger partial charge in [0.2, 0.25) is 0 Å². The number of ether oxygens (including phenoxy) is 3. The number of hydrogen-bond donors (Lipinski definition) is 2. The summed E-state index contributed by atoms with van der Waals surface area (Å²) in [4.78, 5) is 14.7. The van der Waals surface area contributed by atoms with Gasteiger partial charge >= 0.3 is 5.97 Å². The Morgan fingerprint density at radius 2 is 2.12 bits per heavy atom. The number of phenols is 1. The molecule has 4 aliphatic rings. The number of rotatable bonds is 5. The van der Waals surface area contributed by atoms with Crippen LogP contribution >= 0.6 is 0 Å². The fourth-order valence-corrected chi connectivity index (χ4v) is 7.10. The molecule has 0 amide bonds. The van der Waals surface area contributed by atoms with Gasteiger partial charge in [-0.05, 0) is 71.7 Å². The van der Waals surface area contributed by atoms with Crippen LogP contribution in [0.4, 0.5) is 0 Å². The van der Waals surface area contributed by atoms with Crippen molar-refractivity contribution >= 4 is 5.97 Å². The van der Waals surface area contributed by atoms with Gasteiger partial charge in [-0.25, -0.2) is 0 Å². The average Bonchev–Trinajstić information content (AvgIpc) is 3.08. The van der Waals surface area contributed by atoms with Gasteiger partial charge in [-0.3, -0.25) is 4.79 Å². The molecule has 1 saturated heterocycles.